The standard InChI is InChI=1S/C12H22N4O2S/c1-5-6-13-11-9-12(15-10(2)14-11)16(3)7-8-19(4,17)18/h9H,5-8H2,1-4H3,(H,13,14,15). The van der Waals surface area contributed by atoms with Gasteiger partial charge in [-0.2, -0.15) is 0 Å². The second-order valence-electron chi connectivity index (χ2n) is 4.64. The van der Waals surface area contributed by atoms with Crippen LogP contribution in [0.4, 0.5) is 11.6 Å². The van der Waals surface area contributed by atoms with Crippen molar-refractivity contribution in [2.24, 2.45) is 0 Å². The van der Waals surface area contributed by atoms with Crippen LogP contribution in [0.5, 0.6) is 0 Å². The Morgan fingerprint density at radius 1 is 1.37 bits per heavy atom. The molecule has 19 heavy (non-hydrogen) atoms. The summed E-state index contributed by atoms with van der Waals surface area (Å²) in [5.74, 6) is 2.29. The number of nitrogens with one attached hydrogen (secondary N) is 1. The summed E-state index contributed by atoms with van der Waals surface area (Å²) in [6, 6.07) is 1.84. The first-order valence-electron chi connectivity index (χ1n) is 6.30. The van der Waals surface area contributed by atoms with Gasteiger partial charge in [0.05, 0.1) is 5.75 Å². The highest BCUT2D eigenvalue weighted by Gasteiger charge is 2.09. The van der Waals surface area contributed by atoms with Crippen molar-refractivity contribution >= 4 is 21.5 Å². The Morgan fingerprint density at radius 3 is 2.63 bits per heavy atom. The zero-order valence-electron chi connectivity index (χ0n) is 12.0. The maximum Gasteiger partial charge on any atom is 0.149 e. The number of aryl methyl sites for hydroxylation is 1. The van der Waals surface area contributed by atoms with Crippen molar-refractivity contribution in [1.82, 2.24) is 9.97 Å². The van der Waals surface area contributed by atoms with Gasteiger partial charge in [0.25, 0.3) is 0 Å². The summed E-state index contributed by atoms with van der Waals surface area (Å²) in [6.45, 7) is 5.18. The van der Waals surface area contributed by atoms with E-state index in [0.717, 1.165) is 24.6 Å². The molecule has 0 bridgehead atoms. The molecule has 0 saturated heterocycles. The molecule has 108 valence electrons. The molecule has 1 aromatic rings. The molecule has 1 rings (SSSR count). The van der Waals surface area contributed by atoms with Gasteiger partial charge in [-0.25, -0.2) is 18.4 Å². The molecule has 7 heteroatoms. The zero-order valence-corrected chi connectivity index (χ0v) is 12.8. The average Bonchev–Trinajstić information content (AvgIpc) is 2.31. The Balaban J connectivity index is 2.78. The van der Waals surface area contributed by atoms with Crippen LogP contribution < -0.4 is 10.2 Å². The van der Waals surface area contributed by atoms with Gasteiger partial charge in [0.2, 0.25) is 0 Å². The molecule has 0 aliphatic heterocycles. The van der Waals surface area contributed by atoms with Gasteiger partial charge in [0.1, 0.15) is 27.3 Å². The first kappa shape index (κ1) is 15.7. The van der Waals surface area contributed by atoms with Gasteiger partial charge in [0, 0.05) is 32.5 Å². The molecule has 1 heterocycles. The van der Waals surface area contributed by atoms with E-state index in [1.165, 1.54) is 6.26 Å². The number of nitrogens with zero attached hydrogens (tertiary/aromatic N) is 3. The topological polar surface area (TPSA) is 75.2 Å². The Labute approximate surface area is 115 Å². The Kier molecular flexibility index (Phi) is 5.53. The largest absolute Gasteiger partial charge is 0.370 e. The van der Waals surface area contributed by atoms with Crippen LogP contribution in [0.15, 0.2) is 6.07 Å². The molecule has 0 spiro atoms. The molecule has 1 aromatic heterocycles. The van der Waals surface area contributed by atoms with Crippen molar-refractivity contribution in [3.63, 3.8) is 0 Å². The Hall–Kier alpha value is -1.37. The highest BCUT2D eigenvalue weighted by atomic mass is 32.2. The predicted molar refractivity (Wildman–Crippen MR) is 78.5 cm³/mol. The van der Waals surface area contributed by atoms with Crippen LogP contribution in [0, 0.1) is 6.92 Å². The summed E-state index contributed by atoms with van der Waals surface area (Å²) in [5, 5.41) is 3.21. The van der Waals surface area contributed by atoms with E-state index in [0.29, 0.717) is 12.4 Å². The van der Waals surface area contributed by atoms with E-state index in [1.807, 2.05) is 24.9 Å². The molecule has 0 unspecified atom stereocenters. The minimum absolute atomic E-state index is 0.115. The highest BCUT2D eigenvalue weighted by Crippen LogP contribution is 2.14. The SMILES string of the molecule is CCCNc1cc(N(C)CCS(C)(=O)=O)nc(C)n1. The van der Waals surface area contributed by atoms with E-state index in [9.17, 15) is 8.42 Å². The fraction of sp³-hybridized carbons (Fsp3) is 0.667. The van der Waals surface area contributed by atoms with Crippen LogP contribution in [0.1, 0.15) is 19.2 Å². The van der Waals surface area contributed by atoms with Gasteiger partial charge < -0.3 is 10.2 Å². The van der Waals surface area contributed by atoms with Crippen molar-refractivity contribution in [1.29, 1.82) is 0 Å². The maximum atomic E-state index is 11.2. The smallest absolute Gasteiger partial charge is 0.149 e. The van der Waals surface area contributed by atoms with E-state index in [2.05, 4.69) is 22.2 Å². The van der Waals surface area contributed by atoms with Crippen molar-refractivity contribution in [2.45, 2.75) is 20.3 Å². The summed E-state index contributed by atoms with van der Waals surface area (Å²) < 4.78 is 22.3. The lowest BCUT2D eigenvalue weighted by atomic mass is 10.4. The summed E-state index contributed by atoms with van der Waals surface area (Å²) in [6.07, 6.45) is 2.25. The van der Waals surface area contributed by atoms with Crippen LogP contribution in [0.25, 0.3) is 0 Å². The molecule has 0 atom stereocenters. The molecule has 0 aliphatic carbocycles. The average molecular weight is 286 g/mol. The van der Waals surface area contributed by atoms with Gasteiger partial charge >= 0.3 is 0 Å². The van der Waals surface area contributed by atoms with E-state index in [-0.39, 0.29) is 5.75 Å². The van der Waals surface area contributed by atoms with Crippen LogP contribution in [-0.4, -0.2) is 50.5 Å². The molecule has 6 nitrogen and oxygen atoms in total. The van der Waals surface area contributed by atoms with Gasteiger partial charge in [-0.05, 0) is 13.3 Å². The van der Waals surface area contributed by atoms with Crippen LogP contribution in [0.2, 0.25) is 0 Å². The van der Waals surface area contributed by atoms with Gasteiger partial charge in [-0.1, -0.05) is 6.92 Å². The van der Waals surface area contributed by atoms with Crippen molar-refractivity contribution in [2.75, 3.05) is 42.4 Å². The quantitative estimate of drug-likeness (QED) is 0.808. The number of anilines is 2. The van der Waals surface area contributed by atoms with E-state index in [1.54, 1.807) is 0 Å². The normalized spacial score (nSPS) is 11.4. The molecule has 0 radical (unpaired) electrons. The fourth-order valence-corrected chi connectivity index (χ4v) is 2.11. The lowest BCUT2D eigenvalue weighted by Gasteiger charge is -2.18. The third-order valence-electron chi connectivity index (χ3n) is 2.57. The lowest BCUT2D eigenvalue weighted by Crippen LogP contribution is -2.26. The third kappa shape index (κ3) is 5.87. The molecular weight excluding hydrogens is 264 g/mol. The molecule has 0 saturated carbocycles. The van der Waals surface area contributed by atoms with E-state index >= 15 is 0 Å². The Morgan fingerprint density at radius 2 is 2.05 bits per heavy atom. The van der Waals surface area contributed by atoms with Crippen molar-refractivity contribution in [3.05, 3.63) is 11.9 Å². The number of rotatable bonds is 7. The first-order chi connectivity index (χ1) is 8.81. The van der Waals surface area contributed by atoms with Crippen LogP contribution >= 0.6 is 0 Å². The van der Waals surface area contributed by atoms with Gasteiger partial charge in [-0.3, -0.25) is 0 Å². The third-order valence-corrected chi connectivity index (χ3v) is 3.49. The van der Waals surface area contributed by atoms with Gasteiger partial charge in [0.15, 0.2) is 0 Å². The molecule has 0 aliphatic rings. The summed E-state index contributed by atoms with van der Waals surface area (Å²) in [7, 11) is -1.13. The Bertz CT molecular complexity index is 516. The minimum atomic E-state index is -2.96. The predicted octanol–water partition coefficient (Wildman–Crippen LogP) is 1.09. The second-order valence-corrected chi connectivity index (χ2v) is 6.90. The van der Waals surface area contributed by atoms with Crippen molar-refractivity contribution < 1.29 is 8.42 Å². The second kappa shape index (κ2) is 6.70. The van der Waals surface area contributed by atoms with E-state index in [4.69, 9.17) is 0 Å². The van der Waals surface area contributed by atoms with Crippen molar-refractivity contribution in [3.8, 4) is 0 Å². The lowest BCUT2D eigenvalue weighted by molar-refractivity contribution is 0.601. The monoisotopic (exact) mass is 286 g/mol. The van der Waals surface area contributed by atoms with Crippen LogP contribution in [0.3, 0.4) is 0 Å². The summed E-state index contributed by atoms with van der Waals surface area (Å²) in [5.41, 5.74) is 0. The minimum Gasteiger partial charge on any atom is -0.370 e. The highest BCUT2D eigenvalue weighted by molar-refractivity contribution is 7.90. The number of hydrogen-bond acceptors (Lipinski definition) is 6. The maximum absolute atomic E-state index is 11.2. The number of hydrogen-bond donors (Lipinski definition) is 1. The van der Waals surface area contributed by atoms with E-state index < -0.39 is 9.84 Å². The molecule has 0 fully saturated rings. The zero-order chi connectivity index (χ0) is 14.5. The van der Waals surface area contributed by atoms with Crippen LogP contribution in [-0.2, 0) is 9.84 Å². The summed E-state index contributed by atoms with van der Waals surface area (Å²) >= 11 is 0. The fourth-order valence-electron chi connectivity index (χ4n) is 1.51. The molecule has 1 N–H and O–H groups in total. The van der Waals surface area contributed by atoms with Gasteiger partial charge in [-0.15, -0.1) is 0 Å². The molecular formula is C12H22N4O2S. The number of aromatic nitrogens is 2. The molecule has 0 aromatic carbocycles. The first-order valence-corrected chi connectivity index (χ1v) is 8.36. The molecule has 0 amide bonds. The number of sulfone groups is 1. The summed E-state index contributed by atoms with van der Waals surface area (Å²) in [4.78, 5) is 10.4.